The van der Waals surface area contributed by atoms with E-state index in [0.29, 0.717) is 19.4 Å². The van der Waals surface area contributed by atoms with Crippen LogP contribution in [-0.2, 0) is 4.79 Å². The van der Waals surface area contributed by atoms with Gasteiger partial charge in [-0.25, -0.2) is 0 Å². The van der Waals surface area contributed by atoms with Gasteiger partial charge in [-0.2, -0.15) is 0 Å². The number of carbonyl (C=O) groups is 1. The Kier molecular flexibility index (Phi) is 5.83. The van der Waals surface area contributed by atoms with E-state index >= 15 is 0 Å². The normalized spacial score (nSPS) is 16.9. The molecule has 0 aliphatic heterocycles. The number of amides is 1. The molecule has 4 heteroatoms. The van der Waals surface area contributed by atoms with Gasteiger partial charge in [-0.15, -0.1) is 0 Å². The molecule has 0 aromatic carbocycles. The van der Waals surface area contributed by atoms with Crippen LogP contribution in [0.5, 0.6) is 0 Å². The van der Waals surface area contributed by atoms with Gasteiger partial charge in [0.2, 0.25) is 5.91 Å². The Morgan fingerprint density at radius 1 is 1.53 bits per heavy atom. The Hall–Kier alpha value is -0.610. The zero-order chi connectivity index (χ0) is 12.1. The van der Waals surface area contributed by atoms with Crippen LogP contribution in [0.4, 0.5) is 0 Å². The van der Waals surface area contributed by atoms with Gasteiger partial charge in [-0.05, 0) is 20.3 Å². The van der Waals surface area contributed by atoms with Crippen molar-refractivity contribution in [1.29, 1.82) is 0 Å². The van der Waals surface area contributed by atoms with E-state index in [4.69, 9.17) is 0 Å². The van der Waals surface area contributed by atoms with Crippen LogP contribution in [0.25, 0.3) is 0 Å². The molecular formula is C11H24N2O2. The molecule has 0 rings (SSSR count). The fourth-order valence-corrected chi connectivity index (χ4v) is 1.04. The molecule has 0 fully saturated rings. The van der Waals surface area contributed by atoms with Crippen molar-refractivity contribution >= 4 is 5.91 Å². The molecule has 2 N–H and O–H groups in total. The number of carbonyl (C=O) groups excluding carboxylic acids is 1. The molecule has 4 nitrogen and oxygen atoms in total. The van der Waals surface area contributed by atoms with Crippen molar-refractivity contribution in [2.24, 2.45) is 0 Å². The molecule has 2 unspecified atom stereocenters. The third-order valence-electron chi connectivity index (χ3n) is 2.57. The maximum atomic E-state index is 11.4. The lowest BCUT2D eigenvalue weighted by Crippen LogP contribution is -2.42. The molecule has 0 bridgehead atoms. The molecular weight excluding hydrogens is 192 g/mol. The van der Waals surface area contributed by atoms with Gasteiger partial charge >= 0.3 is 0 Å². The average molecular weight is 216 g/mol. The summed E-state index contributed by atoms with van der Waals surface area (Å²) in [6, 6.07) is 0.0953. The third kappa shape index (κ3) is 6.47. The molecule has 0 aromatic heterocycles. The van der Waals surface area contributed by atoms with E-state index in [1.807, 2.05) is 13.8 Å². The largest absolute Gasteiger partial charge is 0.389 e. The van der Waals surface area contributed by atoms with Crippen molar-refractivity contribution in [3.8, 4) is 0 Å². The highest BCUT2D eigenvalue weighted by Crippen LogP contribution is 2.07. The Bertz CT molecular complexity index is 203. The second-order valence-electron chi connectivity index (χ2n) is 4.62. The van der Waals surface area contributed by atoms with Crippen LogP contribution < -0.4 is 5.32 Å². The van der Waals surface area contributed by atoms with Crippen LogP contribution in [0.15, 0.2) is 0 Å². The number of rotatable bonds is 6. The van der Waals surface area contributed by atoms with E-state index < -0.39 is 5.60 Å². The van der Waals surface area contributed by atoms with E-state index in [1.165, 1.54) is 0 Å². The van der Waals surface area contributed by atoms with Crippen molar-refractivity contribution in [2.45, 2.75) is 45.3 Å². The number of hydrogen-bond donors (Lipinski definition) is 2. The van der Waals surface area contributed by atoms with E-state index in [1.54, 1.807) is 25.9 Å². The topological polar surface area (TPSA) is 52.6 Å². The summed E-state index contributed by atoms with van der Waals surface area (Å²) in [5.74, 6) is 0.103. The van der Waals surface area contributed by atoms with Crippen molar-refractivity contribution < 1.29 is 9.90 Å². The molecule has 0 saturated carbocycles. The summed E-state index contributed by atoms with van der Waals surface area (Å²) in [5.41, 5.74) is -0.685. The van der Waals surface area contributed by atoms with E-state index in [2.05, 4.69) is 5.32 Å². The van der Waals surface area contributed by atoms with Crippen LogP contribution in [0.2, 0.25) is 0 Å². The molecule has 0 saturated heterocycles. The van der Waals surface area contributed by atoms with Gasteiger partial charge in [0.25, 0.3) is 0 Å². The predicted molar refractivity (Wildman–Crippen MR) is 61.7 cm³/mol. The van der Waals surface area contributed by atoms with Crippen molar-refractivity contribution in [3.05, 3.63) is 0 Å². The summed E-state index contributed by atoms with van der Waals surface area (Å²) < 4.78 is 0. The zero-order valence-electron chi connectivity index (χ0n) is 10.5. The first-order valence-electron chi connectivity index (χ1n) is 5.44. The molecule has 2 atom stereocenters. The maximum absolute atomic E-state index is 11.4. The lowest BCUT2D eigenvalue weighted by molar-refractivity contribution is -0.129. The first kappa shape index (κ1) is 14.4. The molecule has 0 radical (unpaired) electrons. The van der Waals surface area contributed by atoms with Crippen LogP contribution in [-0.4, -0.2) is 48.2 Å². The van der Waals surface area contributed by atoms with Gasteiger partial charge in [0.15, 0.2) is 0 Å². The Morgan fingerprint density at radius 3 is 2.47 bits per heavy atom. The average Bonchev–Trinajstić information content (AvgIpc) is 2.15. The van der Waals surface area contributed by atoms with E-state index in [-0.39, 0.29) is 11.9 Å². The smallest absolute Gasteiger partial charge is 0.223 e. The number of nitrogens with one attached hydrogen (secondary N) is 1. The quantitative estimate of drug-likeness (QED) is 0.684. The van der Waals surface area contributed by atoms with Crippen LogP contribution in [0.3, 0.4) is 0 Å². The molecule has 1 amide bonds. The van der Waals surface area contributed by atoms with Gasteiger partial charge in [0.1, 0.15) is 0 Å². The van der Waals surface area contributed by atoms with Crippen LogP contribution in [0, 0.1) is 0 Å². The SMILES string of the molecule is CCC(C)(O)CNC(C)CC(=O)N(C)C. The van der Waals surface area contributed by atoms with Gasteiger partial charge in [0.05, 0.1) is 5.60 Å². The fraction of sp³-hybridized carbons (Fsp3) is 0.909. The number of hydrogen-bond acceptors (Lipinski definition) is 3. The predicted octanol–water partition coefficient (Wildman–Crippen LogP) is 0.604. The Labute approximate surface area is 92.7 Å². The summed E-state index contributed by atoms with van der Waals surface area (Å²) in [6.07, 6.45) is 1.17. The summed E-state index contributed by atoms with van der Waals surface area (Å²) in [7, 11) is 3.49. The van der Waals surface area contributed by atoms with Gasteiger partial charge < -0.3 is 15.3 Å². The van der Waals surface area contributed by atoms with Gasteiger partial charge in [-0.3, -0.25) is 4.79 Å². The molecule has 0 spiro atoms. The molecule has 0 aromatic rings. The summed E-state index contributed by atoms with van der Waals surface area (Å²) in [4.78, 5) is 13.0. The molecule has 0 heterocycles. The highest BCUT2D eigenvalue weighted by Gasteiger charge is 2.19. The molecule has 90 valence electrons. The van der Waals surface area contributed by atoms with Crippen molar-refractivity contribution in [2.75, 3.05) is 20.6 Å². The Morgan fingerprint density at radius 2 is 2.07 bits per heavy atom. The summed E-state index contributed by atoms with van der Waals surface area (Å²) in [6.45, 7) is 6.20. The zero-order valence-corrected chi connectivity index (χ0v) is 10.5. The highest BCUT2D eigenvalue weighted by molar-refractivity contribution is 5.76. The van der Waals surface area contributed by atoms with Gasteiger partial charge in [-0.1, -0.05) is 6.92 Å². The Balaban J connectivity index is 3.85. The van der Waals surface area contributed by atoms with Crippen LogP contribution in [0.1, 0.15) is 33.6 Å². The lowest BCUT2D eigenvalue weighted by Gasteiger charge is -2.24. The fourth-order valence-electron chi connectivity index (χ4n) is 1.04. The van der Waals surface area contributed by atoms with Gasteiger partial charge in [0, 0.05) is 33.1 Å². The minimum Gasteiger partial charge on any atom is -0.389 e. The number of aliphatic hydroxyl groups is 1. The first-order valence-corrected chi connectivity index (χ1v) is 5.44. The standard InChI is InChI=1S/C11H24N2O2/c1-6-11(3,15)8-12-9(2)7-10(14)13(4)5/h9,12,15H,6-8H2,1-5H3. The first-order chi connectivity index (χ1) is 6.78. The third-order valence-corrected chi connectivity index (χ3v) is 2.57. The minimum atomic E-state index is -0.685. The minimum absolute atomic E-state index is 0.0953. The van der Waals surface area contributed by atoms with Crippen molar-refractivity contribution in [1.82, 2.24) is 10.2 Å². The van der Waals surface area contributed by atoms with E-state index in [0.717, 1.165) is 0 Å². The van der Waals surface area contributed by atoms with E-state index in [9.17, 15) is 9.90 Å². The summed E-state index contributed by atoms with van der Waals surface area (Å²) >= 11 is 0. The molecule has 15 heavy (non-hydrogen) atoms. The summed E-state index contributed by atoms with van der Waals surface area (Å²) in [5, 5.41) is 12.9. The molecule has 0 aliphatic rings. The maximum Gasteiger partial charge on any atom is 0.223 e. The lowest BCUT2D eigenvalue weighted by atomic mass is 10.0. The van der Waals surface area contributed by atoms with Crippen LogP contribution >= 0.6 is 0 Å². The second kappa shape index (κ2) is 6.08. The highest BCUT2D eigenvalue weighted by atomic mass is 16.3. The molecule has 0 aliphatic carbocycles. The number of nitrogens with zero attached hydrogens (tertiary/aromatic N) is 1. The monoisotopic (exact) mass is 216 g/mol. The second-order valence-corrected chi connectivity index (χ2v) is 4.62. The van der Waals surface area contributed by atoms with Crippen molar-refractivity contribution in [3.63, 3.8) is 0 Å².